The Morgan fingerprint density at radius 2 is 1.90 bits per heavy atom. The van der Waals surface area contributed by atoms with Crippen LogP contribution < -0.4 is 19.5 Å². The molecule has 1 aliphatic rings. The SMILES string of the molecule is CCCOC1CCCC(NC(=O)c2nccc(OC)c2OCOC(=O)C(C)C)C(=O)OC(C)C1Oc1ccccc1. The predicted molar refractivity (Wildman–Crippen MR) is 149 cm³/mol. The molecule has 224 valence electrons. The van der Waals surface area contributed by atoms with Crippen molar-refractivity contribution in [2.75, 3.05) is 20.5 Å². The minimum Gasteiger partial charge on any atom is -0.493 e. The number of carbonyl (C=O) groups excluding carboxylic acids is 3. The number of ether oxygens (including phenoxy) is 6. The highest BCUT2D eigenvalue weighted by molar-refractivity contribution is 5.98. The first kappa shape index (κ1) is 31.7. The van der Waals surface area contributed by atoms with Crippen LogP contribution in [0.2, 0.25) is 0 Å². The van der Waals surface area contributed by atoms with E-state index in [4.69, 9.17) is 28.4 Å². The van der Waals surface area contributed by atoms with Crippen molar-refractivity contribution in [2.24, 2.45) is 5.92 Å². The summed E-state index contributed by atoms with van der Waals surface area (Å²) in [5.41, 5.74) is -0.125. The number of methoxy groups -OCH3 is 1. The Morgan fingerprint density at radius 1 is 1.15 bits per heavy atom. The van der Waals surface area contributed by atoms with Crippen molar-refractivity contribution in [3.05, 3.63) is 48.3 Å². The molecular weight excluding hydrogens is 532 g/mol. The molecule has 1 saturated heterocycles. The lowest BCUT2D eigenvalue weighted by Crippen LogP contribution is -2.46. The topological polar surface area (TPSA) is 132 Å². The summed E-state index contributed by atoms with van der Waals surface area (Å²) in [5.74, 6) is -1.23. The zero-order valence-electron chi connectivity index (χ0n) is 24.3. The lowest BCUT2D eigenvalue weighted by molar-refractivity contribution is -0.159. The van der Waals surface area contributed by atoms with E-state index >= 15 is 0 Å². The third kappa shape index (κ3) is 9.07. The number of nitrogens with zero attached hydrogens (tertiary/aromatic N) is 1. The lowest BCUT2D eigenvalue weighted by Gasteiger charge is -2.31. The van der Waals surface area contributed by atoms with E-state index in [1.165, 1.54) is 19.4 Å². The minimum absolute atomic E-state index is 0.0155. The third-order valence-electron chi connectivity index (χ3n) is 6.43. The molecule has 4 atom stereocenters. The fraction of sp³-hybridized carbons (Fsp3) is 0.533. The van der Waals surface area contributed by atoms with Crippen LogP contribution in [0.15, 0.2) is 42.6 Å². The van der Waals surface area contributed by atoms with E-state index in [0.717, 1.165) is 6.42 Å². The number of cyclic esters (lactones) is 1. The van der Waals surface area contributed by atoms with Crippen LogP contribution in [0.5, 0.6) is 17.2 Å². The van der Waals surface area contributed by atoms with Gasteiger partial charge in [0.25, 0.3) is 5.91 Å². The number of hydrogen-bond donors (Lipinski definition) is 1. The van der Waals surface area contributed by atoms with E-state index in [0.29, 0.717) is 31.6 Å². The van der Waals surface area contributed by atoms with Crippen molar-refractivity contribution in [3.63, 3.8) is 0 Å². The van der Waals surface area contributed by atoms with E-state index < -0.39 is 42.9 Å². The molecule has 1 N–H and O–H groups in total. The fourth-order valence-corrected chi connectivity index (χ4v) is 4.28. The number of pyridine rings is 1. The average Bonchev–Trinajstić information content (AvgIpc) is 3.01. The predicted octanol–water partition coefficient (Wildman–Crippen LogP) is 4.08. The molecule has 0 saturated carbocycles. The number of esters is 2. The fourth-order valence-electron chi connectivity index (χ4n) is 4.28. The molecule has 0 spiro atoms. The third-order valence-corrected chi connectivity index (χ3v) is 6.43. The van der Waals surface area contributed by atoms with Gasteiger partial charge in [0.05, 0.1) is 19.1 Å². The molecule has 1 amide bonds. The molecule has 1 aromatic heterocycles. The molecule has 0 radical (unpaired) electrons. The van der Waals surface area contributed by atoms with Crippen LogP contribution in [0.25, 0.3) is 0 Å². The zero-order valence-corrected chi connectivity index (χ0v) is 24.3. The Morgan fingerprint density at radius 3 is 2.59 bits per heavy atom. The maximum atomic E-state index is 13.4. The van der Waals surface area contributed by atoms with Crippen LogP contribution in [-0.4, -0.2) is 67.7 Å². The first-order valence-corrected chi connectivity index (χ1v) is 13.9. The number of benzene rings is 1. The molecule has 0 bridgehead atoms. The van der Waals surface area contributed by atoms with Crippen LogP contribution in [-0.2, 0) is 23.8 Å². The first-order chi connectivity index (χ1) is 19.7. The number of nitrogens with one attached hydrogen (secondary N) is 1. The second kappa shape index (κ2) is 15.8. The summed E-state index contributed by atoms with van der Waals surface area (Å²) in [6.45, 7) is 7.26. The summed E-state index contributed by atoms with van der Waals surface area (Å²) in [5, 5.41) is 2.73. The van der Waals surface area contributed by atoms with Crippen molar-refractivity contribution in [1.82, 2.24) is 10.3 Å². The zero-order chi connectivity index (χ0) is 29.8. The maximum Gasteiger partial charge on any atom is 0.329 e. The number of carbonyl (C=O) groups is 3. The largest absolute Gasteiger partial charge is 0.493 e. The van der Waals surface area contributed by atoms with Gasteiger partial charge in [-0.1, -0.05) is 39.0 Å². The van der Waals surface area contributed by atoms with Crippen molar-refractivity contribution in [1.29, 1.82) is 0 Å². The summed E-state index contributed by atoms with van der Waals surface area (Å²) in [6, 6.07) is 9.87. The Kier molecular flexibility index (Phi) is 12.2. The molecular formula is C30H40N2O9. The van der Waals surface area contributed by atoms with Gasteiger partial charge in [0.15, 0.2) is 23.3 Å². The summed E-state index contributed by atoms with van der Waals surface area (Å²) in [6.07, 6.45) is 2.16. The quantitative estimate of drug-likeness (QED) is 0.293. The van der Waals surface area contributed by atoms with Gasteiger partial charge in [-0.25, -0.2) is 9.78 Å². The van der Waals surface area contributed by atoms with E-state index in [1.54, 1.807) is 20.8 Å². The van der Waals surface area contributed by atoms with Crippen LogP contribution in [0.1, 0.15) is 63.9 Å². The molecule has 2 heterocycles. The molecule has 41 heavy (non-hydrogen) atoms. The maximum absolute atomic E-state index is 13.4. The summed E-state index contributed by atoms with van der Waals surface area (Å²) in [4.78, 5) is 42.6. The number of aromatic nitrogens is 1. The molecule has 11 nitrogen and oxygen atoms in total. The standard InChI is InChI=1S/C30H40N2O9/c1-6-17-37-24-14-10-13-22(30(35)40-20(4)26(24)41-21-11-8-7-9-12-21)32-28(33)25-27(23(36-5)15-16-31-25)38-18-39-29(34)19(2)3/h7-9,11-12,15-16,19-20,22,24,26H,6,10,13-14,17-18H2,1-5H3,(H,32,33). The van der Waals surface area contributed by atoms with Crippen LogP contribution in [0.3, 0.4) is 0 Å². The molecule has 0 aliphatic carbocycles. The number of rotatable bonds is 12. The van der Waals surface area contributed by atoms with Gasteiger partial charge < -0.3 is 33.7 Å². The van der Waals surface area contributed by atoms with Gasteiger partial charge in [0, 0.05) is 18.9 Å². The van der Waals surface area contributed by atoms with Gasteiger partial charge >= 0.3 is 11.9 Å². The van der Waals surface area contributed by atoms with Crippen molar-refractivity contribution < 1.29 is 42.8 Å². The summed E-state index contributed by atoms with van der Waals surface area (Å²) >= 11 is 0. The van der Waals surface area contributed by atoms with Gasteiger partial charge in [-0.15, -0.1) is 0 Å². The Labute approximate surface area is 240 Å². The van der Waals surface area contributed by atoms with E-state index in [1.807, 2.05) is 37.3 Å². The van der Waals surface area contributed by atoms with E-state index in [2.05, 4.69) is 10.3 Å². The van der Waals surface area contributed by atoms with E-state index in [-0.39, 0.29) is 29.2 Å². The highest BCUT2D eigenvalue weighted by Crippen LogP contribution is 2.30. The summed E-state index contributed by atoms with van der Waals surface area (Å²) in [7, 11) is 1.41. The first-order valence-electron chi connectivity index (χ1n) is 13.9. The molecule has 1 aliphatic heterocycles. The Balaban J connectivity index is 1.76. The highest BCUT2D eigenvalue weighted by atomic mass is 16.7. The van der Waals surface area contributed by atoms with Gasteiger partial charge in [0.1, 0.15) is 17.9 Å². The molecule has 2 aromatic rings. The van der Waals surface area contributed by atoms with Gasteiger partial charge in [-0.3, -0.25) is 9.59 Å². The molecule has 11 heteroatoms. The van der Waals surface area contributed by atoms with Crippen molar-refractivity contribution in [2.45, 2.75) is 77.7 Å². The van der Waals surface area contributed by atoms with Crippen molar-refractivity contribution in [3.8, 4) is 17.2 Å². The van der Waals surface area contributed by atoms with Crippen LogP contribution >= 0.6 is 0 Å². The second-order valence-corrected chi connectivity index (χ2v) is 9.97. The average molecular weight is 573 g/mol. The Bertz CT molecular complexity index is 1140. The lowest BCUT2D eigenvalue weighted by atomic mass is 10.0. The molecule has 1 fully saturated rings. The molecule has 4 unspecified atom stereocenters. The molecule has 1 aromatic carbocycles. The minimum atomic E-state index is -0.952. The van der Waals surface area contributed by atoms with Crippen molar-refractivity contribution >= 4 is 17.8 Å². The smallest absolute Gasteiger partial charge is 0.329 e. The number of para-hydroxylation sites is 1. The van der Waals surface area contributed by atoms with Crippen LogP contribution in [0, 0.1) is 5.92 Å². The monoisotopic (exact) mass is 572 g/mol. The second-order valence-electron chi connectivity index (χ2n) is 9.97. The normalized spacial score (nSPS) is 21.1. The number of amides is 1. The number of hydrogen-bond acceptors (Lipinski definition) is 10. The van der Waals surface area contributed by atoms with Gasteiger partial charge in [0.2, 0.25) is 6.79 Å². The highest BCUT2D eigenvalue weighted by Gasteiger charge is 2.37. The van der Waals surface area contributed by atoms with Crippen LogP contribution in [0.4, 0.5) is 0 Å². The summed E-state index contributed by atoms with van der Waals surface area (Å²) < 4.78 is 34.2. The van der Waals surface area contributed by atoms with E-state index in [9.17, 15) is 14.4 Å². The Hall–Kier alpha value is -3.86. The van der Waals surface area contributed by atoms with Gasteiger partial charge in [-0.2, -0.15) is 0 Å². The molecule has 3 rings (SSSR count). The van der Waals surface area contributed by atoms with Gasteiger partial charge in [-0.05, 0) is 44.7 Å².